The van der Waals surface area contributed by atoms with E-state index >= 15 is 0 Å². The second-order valence-electron chi connectivity index (χ2n) is 6.61. The molecule has 0 saturated carbocycles. The van der Waals surface area contributed by atoms with Crippen LogP contribution in [0.2, 0.25) is 0 Å². The van der Waals surface area contributed by atoms with Crippen molar-refractivity contribution in [3.63, 3.8) is 0 Å². The molecule has 0 aliphatic rings. The van der Waals surface area contributed by atoms with Gasteiger partial charge in [0.05, 0.1) is 0 Å². The SMILES string of the molecule is O=C(O)c1cc(/C=C\c2ccc(/C=C/c3ccc(O)c(C(=O)O)c3)c(Br)c2)ccc1O. The van der Waals surface area contributed by atoms with Gasteiger partial charge < -0.3 is 20.4 Å². The molecule has 6 nitrogen and oxygen atoms in total. The van der Waals surface area contributed by atoms with Gasteiger partial charge in [-0.05, 0) is 52.6 Å². The van der Waals surface area contributed by atoms with Crippen molar-refractivity contribution in [3.8, 4) is 11.5 Å². The minimum Gasteiger partial charge on any atom is -0.507 e. The number of benzene rings is 3. The van der Waals surface area contributed by atoms with Crippen molar-refractivity contribution in [2.24, 2.45) is 0 Å². The number of carboxylic acid groups (broad SMARTS) is 2. The Hall–Kier alpha value is -3.84. The number of carbonyl (C=O) groups is 2. The fourth-order valence-electron chi connectivity index (χ4n) is 2.82. The third-order valence-electron chi connectivity index (χ3n) is 4.45. The van der Waals surface area contributed by atoms with Crippen LogP contribution in [0.15, 0.2) is 59.1 Å². The highest BCUT2D eigenvalue weighted by atomic mass is 79.9. The zero-order valence-corrected chi connectivity index (χ0v) is 17.6. The molecule has 0 atom stereocenters. The summed E-state index contributed by atoms with van der Waals surface area (Å²) < 4.78 is 0.806. The van der Waals surface area contributed by atoms with Gasteiger partial charge in [-0.15, -0.1) is 0 Å². The average Bonchev–Trinajstić information content (AvgIpc) is 2.73. The second kappa shape index (κ2) is 9.32. The lowest BCUT2D eigenvalue weighted by molar-refractivity contribution is 0.0682. The van der Waals surface area contributed by atoms with Gasteiger partial charge >= 0.3 is 11.9 Å². The number of aromatic hydroxyl groups is 2. The first-order valence-electron chi connectivity index (χ1n) is 9.03. The van der Waals surface area contributed by atoms with Gasteiger partial charge in [-0.25, -0.2) is 9.59 Å². The summed E-state index contributed by atoms with van der Waals surface area (Å²) in [5.41, 5.74) is 2.67. The van der Waals surface area contributed by atoms with Gasteiger partial charge in [0.1, 0.15) is 22.6 Å². The Morgan fingerprint density at radius 3 is 1.52 bits per heavy atom. The number of hydrogen-bond donors (Lipinski definition) is 4. The Morgan fingerprint density at radius 1 is 0.645 bits per heavy atom. The normalized spacial score (nSPS) is 11.3. The first-order valence-corrected chi connectivity index (χ1v) is 9.82. The minimum atomic E-state index is -1.20. The smallest absolute Gasteiger partial charge is 0.339 e. The molecule has 4 N–H and O–H groups in total. The van der Waals surface area contributed by atoms with E-state index < -0.39 is 11.9 Å². The van der Waals surface area contributed by atoms with E-state index in [2.05, 4.69) is 15.9 Å². The molecule has 156 valence electrons. The van der Waals surface area contributed by atoms with Gasteiger partial charge in [-0.2, -0.15) is 0 Å². The molecular weight excluding hydrogens is 464 g/mol. The lowest BCUT2D eigenvalue weighted by Crippen LogP contribution is -1.96. The number of carboxylic acids is 2. The maximum Gasteiger partial charge on any atom is 0.339 e. The molecule has 31 heavy (non-hydrogen) atoms. The Kier molecular flexibility index (Phi) is 6.57. The molecular formula is C24H17BrO6. The van der Waals surface area contributed by atoms with Gasteiger partial charge in [0, 0.05) is 4.47 Å². The van der Waals surface area contributed by atoms with Crippen molar-refractivity contribution in [1.29, 1.82) is 0 Å². The van der Waals surface area contributed by atoms with Crippen LogP contribution in [0.5, 0.6) is 11.5 Å². The third-order valence-corrected chi connectivity index (χ3v) is 5.14. The van der Waals surface area contributed by atoms with E-state index in [9.17, 15) is 19.8 Å². The highest BCUT2D eigenvalue weighted by molar-refractivity contribution is 9.10. The van der Waals surface area contributed by atoms with Crippen molar-refractivity contribution in [3.05, 3.63) is 92.5 Å². The standard InChI is InChI=1S/C24H17BrO6/c25-20-13-16(2-1-14-5-9-21(26)18(11-14)23(28)29)4-8-17(20)7-3-15-6-10-22(27)19(12-15)24(30)31/h1-13,26-27H,(H,28,29)(H,30,31)/b2-1-,7-3+. The Balaban J connectivity index is 1.79. The fraction of sp³-hybridized carbons (Fsp3) is 0. The number of rotatable bonds is 6. The predicted octanol–water partition coefficient (Wildman–Crippen LogP) is 5.60. The molecule has 0 amide bonds. The van der Waals surface area contributed by atoms with Crippen molar-refractivity contribution >= 4 is 52.2 Å². The zero-order valence-electron chi connectivity index (χ0n) is 16.0. The Morgan fingerprint density at radius 2 is 1.06 bits per heavy atom. The van der Waals surface area contributed by atoms with Crippen LogP contribution >= 0.6 is 15.9 Å². The van der Waals surface area contributed by atoms with E-state index in [-0.39, 0.29) is 22.6 Å². The average molecular weight is 481 g/mol. The molecule has 0 fully saturated rings. The molecule has 3 aromatic rings. The van der Waals surface area contributed by atoms with Crippen molar-refractivity contribution in [2.45, 2.75) is 0 Å². The van der Waals surface area contributed by atoms with Crippen LogP contribution in [-0.2, 0) is 0 Å². The molecule has 0 aliphatic carbocycles. The molecule has 3 aromatic carbocycles. The summed E-state index contributed by atoms with van der Waals surface area (Å²) in [6.07, 6.45) is 7.11. The number of aromatic carboxylic acids is 2. The van der Waals surface area contributed by atoms with Crippen molar-refractivity contribution in [1.82, 2.24) is 0 Å². The van der Waals surface area contributed by atoms with Crippen LogP contribution in [-0.4, -0.2) is 32.4 Å². The van der Waals surface area contributed by atoms with Crippen LogP contribution < -0.4 is 0 Å². The van der Waals surface area contributed by atoms with E-state index in [1.54, 1.807) is 24.3 Å². The molecule has 0 spiro atoms. The van der Waals surface area contributed by atoms with E-state index in [1.165, 1.54) is 24.3 Å². The van der Waals surface area contributed by atoms with Gasteiger partial charge in [0.2, 0.25) is 0 Å². The van der Waals surface area contributed by atoms with Gasteiger partial charge in [0.25, 0.3) is 0 Å². The molecule has 0 heterocycles. The summed E-state index contributed by atoms with van der Waals surface area (Å²) in [4.78, 5) is 22.3. The summed E-state index contributed by atoms with van der Waals surface area (Å²) in [5.74, 6) is -2.97. The molecule has 3 rings (SSSR count). The summed E-state index contributed by atoms with van der Waals surface area (Å²) in [6.45, 7) is 0. The van der Waals surface area contributed by atoms with Crippen LogP contribution in [0, 0.1) is 0 Å². The largest absolute Gasteiger partial charge is 0.507 e. The lowest BCUT2D eigenvalue weighted by atomic mass is 10.1. The maximum atomic E-state index is 11.1. The van der Waals surface area contributed by atoms with Crippen molar-refractivity contribution in [2.75, 3.05) is 0 Å². The van der Waals surface area contributed by atoms with Crippen LogP contribution in [0.25, 0.3) is 24.3 Å². The van der Waals surface area contributed by atoms with Crippen LogP contribution in [0.3, 0.4) is 0 Å². The minimum absolute atomic E-state index is 0.163. The number of hydrogen-bond acceptors (Lipinski definition) is 4. The first kappa shape index (κ1) is 21.9. The molecule has 0 aromatic heterocycles. The molecule has 7 heteroatoms. The maximum absolute atomic E-state index is 11.1. The predicted molar refractivity (Wildman–Crippen MR) is 122 cm³/mol. The third kappa shape index (κ3) is 5.40. The molecule has 0 radical (unpaired) electrons. The van der Waals surface area contributed by atoms with Gasteiger partial charge in [-0.3, -0.25) is 0 Å². The highest BCUT2D eigenvalue weighted by Crippen LogP contribution is 2.25. The highest BCUT2D eigenvalue weighted by Gasteiger charge is 2.10. The summed E-state index contributed by atoms with van der Waals surface area (Å²) >= 11 is 3.51. The zero-order chi connectivity index (χ0) is 22.5. The Bertz CT molecular complexity index is 1230. The van der Waals surface area contributed by atoms with Crippen molar-refractivity contribution < 1.29 is 30.0 Å². The van der Waals surface area contributed by atoms with E-state index in [0.717, 1.165) is 15.6 Å². The summed E-state index contributed by atoms with van der Waals surface area (Å²) in [7, 11) is 0. The summed E-state index contributed by atoms with van der Waals surface area (Å²) in [6, 6.07) is 14.3. The fourth-order valence-corrected chi connectivity index (χ4v) is 3.35. The monoisotopic (exact) mass is 480 g/mol. The molecule has 0 bridgehead atoms. The molecule has 0 saturated heterocycles. The van der Waals surface area contributed by atoms with Gasteiger partial charge in [0.15, 0.2) is 0 Å². The number of phenols is 2. The first-order chi connectivity index (χ1) is 14.7. The second-order valence-corrected chi connectivity index (χ2v) is 7.47. The Labute approximate surface area is 186 Å². The number of halogens is 1. The molecule has 0 unspecified atom stereocenters. The van der Waals surface area contributed by atoms with Crippen LogP contribution in [0.1, 0.15) is 43.0 Å². The van der Waals surface area contributed by atoms with E-state index in [1.807, 2.05) is 30.4 Å². The lowest BCUT2D eigenvalue weighted by Gasteiger charge is -2.03. The summed E-state index contributed by atoms with van der Waals surface area (Å²) in [5, 5.41) is 37.4. The van der Waals surface area contributed by atoms with Crippen LogP contribution in [0.4, 0.5) is 0 Å². The van der Waals surface area contributed by atoms with Gasteiger partial charge in [-0.1, -0.05) is 64.5 Å². The van der Waals surface area contributed by atoms with E-state index in [4.69, 9.17) is 10.2 Å². The van der Waals surface area contributed by atoms with E-state index in [0.29, 0.717) is 11.1 Å². The topological polar surface area (TPSA) is 115 Å². The quantitative estimate of drug-likeness (QED) is 0.341. The molecule has 0 aliphatic heterocycles.